The van der Waals surface area contributed by atoms with Crippen molar-refractivity contribution < 1.29 is 22.7 Å². The van der Waals surface area contributed by atoms with Gasteiger partial charge < -0.3 is 4.74 Å². The number of rotatable bonds is 4. The fourth-order valence-electron chi connectivity index (χ4n) is 2.19. The van der Waals surface area contributed by atoms with E-state index in [0.717, 1.165) is 23.3 Å². The first-order valence-corrected chi connectivity index (χ1v) is 7.99. The van der Waals surface area contributed by atoms with E-state index in [1.165, 1.54) is 24.9 Å². The Labute approximate surface area is 136 Å². The van der Waals surface area contributed by atoms with E-state index in [2.05, 4.69) is 4.74 Å². The van der Waals surface area contributed by atoms with Crippen LogP contribution in [0.3, 0.4) is 0 Å². The van der Waals surface area contributed by atoms with Gasteiger partial charge in [-0.1, -0.05) is 30.3 Å². The third-order valence-corrected chi connectivity index (χ3v) is 4.12. The van der Waals surface area contributed by atoms with Crippen LogP contribution < -0.4 is 0 Å². The van der Waals surface area contributed by atoms with Crippen LogP contribution in [0.1, 0.15) is 11.1 Å². The van der Waals surface area contributed by atoms with E-state index in [-0.39, 0.29) is 12.4 Å². The number of benzene rings is 2. The summed E-state index contributed by atoms with van der Waals surface area (Å²) in [6.07, 6.45) is -2.51. The van der Waals surface area contributed by atoms with Crippen LogP contribution >= 0.6 is 11.8 Å². The predicted octanol–water partition coefficient (Wildman–Crippen LogP) is 4.81. The Bertz CT molecular complexity index is 711. The Hall–Kier alpha value is -1.95. The summed E-state index contributed by atoms with van der Waals surface area (Å²) >= 11 is 1.25. The summed E-state index contributed by atoms with van der Waals surface area (Å²) in [5.74, 6) is -0.361. The molecule has 0 amide bonds. The molecule has 0 bridgehead atoms. The number of hydrogen-bond donors (Lipinski definition) is 0. The average Bonchev–Trinajstić information content (AvgIpc) is 2.53. The fraction of sp³-hybridized carbons (Fsp3) is 0.235. The van der Waals surface area contributed by atoms with Gasteiger partial charge in [-0.05, 0) is 35.1 Å². The molecule has 0 aliphatic rings. The van der Waals surface area contributed by atoms with Crippen molar-refractivity contribution in [3.63, 3.8) is 0 Å². The highest BCUT2D eigenvalue weighted by Crippen LogP contribution is 2.37. The molecule has 2 rings (SSSR count). The summed E-state index contributed by atoms with van der Waals surface area (Å²) in [7, 11) is 1.31. The molecular formula is C17H15F3O2S. The molecule has 2 nitrogen and oxygen atoms in total. The van der Waals surface area contributed by atoms with Crippen LogP contribution in [0.2, 0.25) is 0 Å². The molecule has 0 saturated carbocycles. The molecule has 0 radical (unpaired) electrons. The molecule has 0 N–H and O–H groups in total. The summed E-state index contributed by atoms with van der Waals surface area (Å²) in [6.45, 7) is 0. The lowest BCUT2D eigenvalue weighted by Gasteiger charge is -2.13. The van der Waals surface area contributed by atoms with Crippen LogP contribution in [0.25, 0.3) is 11.1 Å². The van der Waals surface area contributed by atoms with Gasteiger partial charge in [-0.2, -0.15) is 13.2 Å². The minimum absolute atomic E-state index is 0.125. The summed E-state index contributed by atoms with van der Waals surface area (Å²) in [5.41, 5.74) is 1.55. The number of carbonyl (C=O) groups excluding carboxylic acids is 1. The molecule has 0 saturated heterocycles. The first kappa shape index (κ1) is 17.4. The minimum atomic E-state index is -4.37. The van der Waals surface area contributed by atoms with E-state index in [1.54, 1.807) is 24.5 Å². The van der Waals surface area contributed by atoms with E-state index in [0.29, 0.717) is 10.5 Å². The highest BCUT2D eigenvalue weighted by atomic mass is 32.2. The van der Waals surface area contributed by atoms with Gasteiger partial charge in [-0.25, -0.2) is 0 Å². The Kier molecular flexibility index (Phi) is 5.36. The predicted molar refractivity (Wildman–Crippen MR) is 84.4 cm³/mol. The molecule has 23 heavy (non-hydrogen) atoms. The SMILES string of the molecule is COC(=O)Cc1cccc(-c2ccc(C(F)(F)F)cc2SC)c1. The van der Waals surface area contributed by atoms with Crippen molar-refractivity contribution in [2.24, 2.45) is 0 Å². The number of ether oxygens (including phenoxy) is 1. The van der Waals surface area contributed by atoms with Gasteiger partial charge in [-0.3, -0.25) is 4.79 Å². The molecule has 2 aromatic rings. The molecule has 0 unspecified atom stereocenters. The normalized spacial score (nSPS) is 11.3. The number of halogens is 3. The summed E-state index contributed by atoms with van der Waals surface area (Å²) < 4.78 is 43.1. The summed E-state index contributed by atoms with van der Waals surface area (Å²) in [4.78, 5) is 11.9. The number of carbonyl (C=O) groups is 1. The number of hydrogen-bond acceptors (Lipinski definition) is 3. The van der Waals surface area contributed by atoms with Crippen LogP contribution in [-0.2, 0) is 22.1 Å². The van der Waals surface area contributed by atoms with Gasteiger partial charge in [0.1, 0.15) is 0 Å². The molecule has 2 aromatic carbocycles. The number of esters is 1. The monoisotopic (exact) mass is 340 g/mol. The van der Waals surface area contributed by atoms with Gasteiger partial charge in [0.15, 0.2) is 0 Å². The highest BCUT2D eigenvalue weighted by Gasteiger charge is 2.31. The van der Waals surface area contributed by atoms with E-state index < -0.39 is 11.7 Å². The number of thioether (sulfide) groups is 1. The third-order valence-electron chi connectivity index (χ3n) is 3.34. The Morgan fingerprint density at radius 1 is 1.17 bits per heavy atom. The summed E-state index contributed by atoms with van der Waals surface area (Å²) in [6, 6.07) is 10.8. The molecule has 0 heterocycles. The van der Waals surface area contributed by atoms with Gasteiger partial charge >= 0.3 is 12.1 Å². The van der Waals surface area contributed by atoms with Crippen molar-refractivity contribution in [1.29, 1.82) is 0 Å². The molecule has 0 aliphatic carbocycles. The van der Waals surface area contributed by atoms with Gasteiger partial charge in [-0.15, -0.1) is 11.8 Å². The third kappa shape index (κ3) is 4.28. The van der Waals surface area contributed by atoms with E-state index in [9.17, 15) is 18.0 Å². The van der Waals surface area contributed by atoms with Crippen molar-refractivity contribution in [2.45, 2.75) is 17.5 Å². The molecule has 0 atom stereocenters. The largest absolute Gasteiger partial charge is 0.469 e. The standard InChI is InChI=1S/C17H15F3O2S/c1-22-16(21)9-11-4-3-5-12(8-11)14-7-6-13(17(18,19)20)10-15(14)23-2/h3-8,10H,9H2,1-2H3. The van der Waals surface area contributed by atoms with Crippen molar-refractivity contribution in [3.8, 4) is 11.1 Å². The van der Waals surface area contributed by atoms with Crippen molar-refractivity contribution in [1.82, 2.24) is 0 Å². The van der Waals surface area contributed by atoms with Crippen LogP contribution in [0.5, 0.6) is 0 Å². The zero-order valence-electron chi connectivity index (χ0n) is 12.6. The second-order valence-electron chi connectivity index (χ2n) is 4.87. The zero-order valence-corrected chi connectivity index (χ0v) is 13.4. The smallest absolute Gasteiger partial charge is 0.416 e. The lowest BCUT2D eigenvalue weighted by molar-refractivity contribution is -0.140. The quantitative estimate of drug-likeness (QED) is 0.590. The molecule has 0 aromatic heterocycles. The van der Waals surface area contributed by atoms with Crippen molar-refractivity contribution in [2.75, 3.05) is 13.4 Å². The van der Waals surface area contributed by atoms with Gasteiger partial charge in [0.25, 0.3) is 0 Å². The molecular weight excluding hydrogens is 325 g/mol. The maximum atomic E-state index is 12.8. The van der Waals surface area contributed by atoms with Crippen molar-refractivity contribution in [3.05, 3.63) is 53.6 Å². The molecule has 0 spiro atoms. The molecule has 6 heteroatoms. The van der Waals surface area contributed by atoms with Gasteiger partial charge in [0.2, 0.25) is 0 Å². The van der Waals surface area contributed by atoms with E-state index >= 15 is 0 Å². The topological polar surface area (TPSA) is 26.3 Å². The molecule has 0 fully saturated rings. The lowest BCUT2D eigenvalue weighted by atomic mass is 10.0. The van der Waals surface area contributed by atoms with Crippen LogP contribution in [-0.4, -0.2) is 19.3 Å². The van der Waals surface area contributed by atoms with E-state index in [1.807, 2.05) is 6.07 Å². The average molecular weight is 340 g/mol. The number of alkyl halides is 3. The Morgan fingerprint density at radius 3 is 2.52 bits per heavy atom. The summed E-state index contributed by atoms with van der Waals surface area (Å²) in [5, 5.41) is 0. The zero-order chi connectivity index (χ0) is 17.0. The van der Waals surface area contributed by atoms with Crippen LogP contribution in [0.15, 0.2) is 47.4 Å². The maximum absolute atomic E-state index is 12.8. The lowest BCUT2D eigenvalue weighted by Crippen LogP contribution is -2.05. The van der Waals surface area contributed by atoms with E-state index in [4.69, 9.17) is 0 Å². The molecule has 0 aliphatic heterocycles. The highest BCUT2D eigenvalue weighted by molar-refractivity contribution is 7.98. The Balaban J connectivity index is 2.42. The first-order valence-electron chi connectivity index (χ1n) is 6.76. The van der Waals surface area contributed by atoms with Crippen LogP contribution in [0.4, 0.5) is 13.2 Å². The minimum Gasteiger partial charge on any atom is -0.469 e. The maximum Gasteiger partial charge on any atom is 0.416 e. The fourth-order valence-corrected chi connectivity index (χ4v) is 2.84. The second-order valence-corrected chi connectivity index (χ2v) is 5.71. The van der Waals surface area contributed by atoms with Gasteiger partial charge in [0, 0.05) is 4.90 Å². The van der Waals surface area contributed by atoms with Crippen molar-refractivity contribution >= 4 is 17.7 Å². The van der Waals surface area contributed by atoms with Crippen LogP contribution in [0, 0.1) is 0 Å². The van der Waals surface area contributed by atoms with Gasteiger partial charge in [0.05, 0.1) is 19.1 Å². The second kappa shape index (κ2) is 7.08. The Morgan fingerprint density at radius 2 is 1.91 bits per heavy atom. The number of methoxy groups -OCH3 is 1. The first-order chi connectivity index (χ1) is 10.8. The molecule has 122 valence electrons.